The van der Waals surface area contributed by atoms with E-state index < -0.39 is 0 Å². The average molecular weight is 223 g/mol. The molecular formula is C11H21N5. The van der Waals surface area contributed by atoms with E-state index in [-0.39, 0.29) is 5.54 Å². The first-order valence-electron chi connectivity index (χ1n) is 5.69. The largest absolute Gasteiger partial charge is 0.364 e. The molecule has 1 aromatic heterocycles. The number of anilines is 2. The Balaban J connectivity index is 2.86. The van der Waals surface area contributed by atoms with Gasteiger partial charge in [0, 0.05) is 18.6 Å². The lowest BCUT2D eigenvalue weighted by atomic mass is 10.1. The van der Waals surface area contributed by atoms with E-state index in [2.05, 4.69) is 60.0 Å². The first-order valence-corrected chi connectivity index (χ1v) is 5.69. The maximum atomic E-state index is 4.44. The second-order valence-corrected chi connectivity index (χ2v) is 4.69. The molecule has 0 aliphatic carbocycles. The zero-order chi connectivity index (χ0) is 12.2. The summed E-state index contributed by atoms with van der Waals surface area (Å²) in [7, 11) is 0. The minimum Gasteiger partial charge on any atom is -0.364 e. The van der Waals surface area contributed by atoms with Crippen LogP contribution in [0.3, 0.4) is 0 Å². The van der Waals surface area contributed by atoms with Crippen molar-refractivity contribution in [1.82, 2.24) is 15.2 Å². The molecule has 0 unspecified atom stereocenters. The molecule has 1 N–H and O–H groups in total. The highest BCUT2D eigenvalue weighted by atomic mass is 15.3. The number of rotatable bonds is 4. The van der Waals surface area contributed by atoms with Gasteiger partial charge in [0.25, 0.3) is 0 Å². The lowest BCUT2D eigenvalue weighted by molar-refractivity contribution is 0.628. The monoisotopic (exact) mass is 223 g/mol. The number of nitrogens with one attached hydrogen (secondary N) is 1. The van der Waals surface area contributed by atoms with Gasteiger partial charge in [0.2, 0.25) is 5.95 Å². The summed E-state index contributed by atoms with van der Waals surface area (Å²) in [6.45, 7) is 12.2. The number of nitrogens with zero attached hydrogens (tertiary/aromatic N) is 4. The van der Waals surface area contributed by atoms with Crippen LogP contribution < -0.4 is 10.2 Å². The van der Waals surface area contributed by atoms with E-state index in [0.717, 1.165) is 18.9 Å². The molecule has 0 saturated carbocycles. The van der Waals surface area contributed by atoms with Crippen LogP contribution in [-0.4, -0.2) is 33.8 Å². The summed E-state index contributed by atoms with van der Waals surface area (Å²) in [5.41, 5.74) is -0.0173. The van der Waals surface area contributed by atoms with Gasteiger partial charge in [-0.25, -0.2) is 0 Å². The molecule has 0 aliphatic rings. The van der Waals surface area contributed by atoms with E-state index in [1.165, 1.54) is 0 Å². The van der Waals surface area contributed by atoms with Crippen molar-refractivity contribution in [1.29, 1.82) is 0 Å². The van der Waals surface area contributed by atoms with Crippen LogP contribution in [0.1, 0.15) is 34.6 Å². The van der Waals surface area contributed by atoms with Crippen LogP contribution in [0.4, 0.5) is 11.8 Å². The fourth-order valence-corrected chi connectivity index (χ4v) is 1.38. The van der Waals surface area contributed by atoms with Crippen molar-refractivity contribution in [3.63, 3.8) is 0 Å². The van der Waals surface area contributed by atoms with Crippen molar-refractivity contribution in [2.75, 3.05) is 23.3 Å². The standard InChI is InChI=1S/C11H21N5/c1-6-16(7-2)10-13-9(8-12-15-10)14-11(3,4)5/h8H,6-7H2,1-5H3,(H,13,14,15). The summed E-state index contributed by atoms with van der Waals surface area (Å²) >= 11 is 0. The second-order valence-electron chi connectivity index (χ2n) is 4.69. The van der Waals surface area contributed by atoms with Crippen molar-refractivity contribution in [2.24, 2.45) is 0 Å². The zero-order valence-corrected chi connectivity index (χ0v) is 10.8. The third-order valence-electron chi connectivity index (χ3n) is 2.10. The highest BCUT2D eigenvalue weighted by Crippen LogP contribution is 2.13. The van der Waals surface area contributed by atoms with Crippen LogP contribution >= 0.6 is 0 Å². The molecule has 1 aromatic rings. The Morgan fingerprint density at radius 3 is 2.38 bits per heavy atom. The number of hydrogen-bond acceptors (Lipinski definition) is 5. The SMILES string of the molecule is CCN(CC)c1nncc(NC(C)(C)C)n1. The molecule has 1 rings (SSSR count). The van der Waals surface area contributed by atoms with Gasteiger partial charge in [-0.2, -0.15) is 10.1 Å². The average Bonchev–Trinajstić information content (AvgIpc) is 2.17. The van der Waals surface area contributed by atoms with Crippen molar-refractivity contribution in [3.8, 4) is 0 Å². The van der Waals surface area contributed by atoms with Gasteiger partial charge in [0.15, 0.2) is 5.82 Å². The van der Waals surface area contributed by atoms with E-state index in [4.69, 9.17) is 0 Å². The highest BCUT2D eigenvalue weighted by molar-refractivity contribution is 5.40. The molecule has 0 amide bonds. The number of aromatic nitrogens is 3. The van der Waals surface area contributed by atoms with Gasteiger partial charge in [0.1, 0.15) is 0 Å². The molecule has 0 spiro atoms. The van der Waals surface area contributed by atoms with Crippen LogP contribution in [0.2, 0.25) is 0 Å². The number of hydrogen-bond donors (Lipinski definition) is 1. The Morgan fingerprint density at radius 2 is 1.88 bits per heavy atom. The van der Waals surface area contributed by atoms with E-state index >= 15 is 0 Å². The summed E-state index contributed by atoms with van der Waals surface area (Å²) < 4.78 is 0. The minimum atomic E-state index is -0.0173. The van der Waals surface area contributed by atoms with Crippen LogP contribution in [0, 0.1) is 0 Å². The third-order valence-corrected chi connectivity index (χ3v) is 2.10. The summed E-state index contributed by atoms with van der Waals surface area (Å²) in [6.07, 6.45) is 1.65. The summed E-state index contributed by atoms with van der Waals surface area (Å²) in [6, 6.07) is 0. The molecule has 1 heterocycles. The van der Waals surface area contributed by atoms with Gasteiger partial charge in [-0.05, 0) is 34.6 Å². The fraction of sp³-hybridized carbons (Fsp3) is 0.727. The summed E-state index contributed by atoms with van der Waals surface area (Å²) in [5, 5.41) is 11.3. The predicted octanol–water partition coefficient (Wildman–Crippen LogP) is 1.93. The Morgan fingerprint density at radius 1 is 1.25 bits per heavy atom. The van der Waals surface area contributed by atoms with Crippen molar-refractivity contribution < 1.29 is 0 Å². The molecule has 90 valence electrons. The van der Waals surface area contributed by atoms with E-state index in [9.17, 15) is 0 Å². The van der Waals surface area contributed by atoms with Gasteiger partial charge in [-0.15, -0.1) is 5.10 Å². The van der Waals surface area contributed by atoms with Gasteiger partial charge in [0.05, 0.1) is 6.20 Å². The maximum absolute atomic E-state index is 4.44. The summed E-state index contributed by atoms with van der Waals surface area (Å²) in [4.78, 5) is 6.51. The molecule has 0 atom stereocenters. The van der Waals surface area contributed by atoms with Crippen LogP contribution in [-0.2, 0) is 0 Å². The van der Waals surface area contributed by atoms with E-state index in [1.54, 1.807) is 6.20 Å². The molecular weight excluding hydrogens is 202 g/mol. The molecule has 5 heteroatoms. The quantitative estimate of drug-likeness (QED) is 0.845. The smallest absolute Gasteiger partial charge is 0.247 e. The molecule has 0 fully saturated rings. The molecule has 0 aromatic carbocycles. The molecule has 0 bridgehead atoms. The third kappa shape index (κ3) is 3.64. The minimum absolute atomic E-state index is 0.0173. The Hall–Kier alpha value is -1.39. The molecule has 0 saturated heterocycles. The molecule has 16 heavy (non-hydrogen) atoms. The normalized spacial score (nSPS) is 11.3. The van der Waals surface area contributed by atoms with Gasteiger partial charge >= 0.3 is 0 Å². The van der Waals surface area contributed by atoms with E-state index in [0.29, 0.717) is 5.95 Å². The van der Waals surface area contributed by atoms with Crippen LogP contribution in [0.15, 0.2) is 6.20 Å². The first-order chi connectivity index (χ1) is 7.46. The zero-order valence-electron chi connectivity index (χ0n) is 10.8. The predicted molar refractivity (Wildman–Crippen MR) is 66.8 cm³/mol. The lowest BCUT2D eigenvalue weighted by Gasteiger charge is -2.22. The molecule has 5 nitrogen and oxygen atoms in total. The first kappa shape index (κ1) is 12.7. The second kappa shape index (κ2) is 5.09. The summed E-state index contributed by atoms with van der Waals surface area (Å²) in [5.74, 6) is 1.45. The lowest BCUT2D eigenvalue weighted by Crippen LogP contribution is -2.29. The van der Waals surface area contributed by atoms with Gasteiger partial charge < -0.3 is 10.2 Å². The maximum Gasteiger partial charge on any atom is 0.247 e. The molecule has 0 aliphatic heterocycles. The van der Waals surface area contributed by atoms with Gasteiger partial charge in [-0.3, -0.25) is 0 Å². The van der Waals surface area contributed by atoms with Crippen LogP contribution in [0.5, 0.6) is 0 Å². The van der Waals surface area contributed by atoms with Gasteiger partial charge in [-0.1, -0.05) is 0 Å². The van der Waals surface area contributed by atoms with E-state index in [1.807, 2.05) is 0 Å². The fourth-order valence-electron chi connectivity index (χ4n) is 1.38. The van der Waals surface area contributed by atoms with Crippen molar-refractivity contribution >= 4 is 11.8 Å². The Bertz CT molecular complexity index is 327. The molecule has 0 radical (unpaired) electrons. The van der Waals surface area contributed by atoms with Crippen molar-refractivity contribution in [2.45, 2.75) is 40.2 Å². The van der Waals surface area contributed by atoms with Crippen molar-refractivity contribution in [3.05, 3.63) is 6.20 Å². The Kier molecular flexibility index (Phi) is 4.04. The Labute approximate surface area is 97.3 Å². The van der Waals surface area contributed by atoms with Crippen LogP contribution in [0.25, 0.3) is 0 Å². The highest BCUT2D eigenvalue weighted by Gasteiger charge is 2.12. The topological polar surface area (TPSA) is 53.9 Å².